The topological polar surface area (TPSA) is 26.6 Å². The molecule has 0 saturated heterocycles. The normalized spacial score (nSPS) is 12.7. The molecule has 6 heterocycles. The fourth-order valence-electron chi connectivity index (χ4n) is 10.2. The first kappa shape index (κ1) is 28.1. The first-order valence-electron chi connectivity index (χ1n) is 19.0. The Bertz CT molecular complexity index is 3940. The Kier molecular flexibility index (Phi) is 4.99. The first-order valence-corrected chi connectivity index (χ1v) is 19.0. The molecular weight excluding hydrogens is 669 g/mol. The van der Waals surface area contributed by atoms with Crippen LogP contribution < -0.4 is 0 Å². The molecule has 14 rings (SSSR count). The monoisotopic (exact) mass is 696 g/mol. The molecule has 14 aromatic rings. The van der Waals surface area contributed by atoms with Gasteiger partial charge in [0.05, 0.1) is 44.1 Å². The van der Waals surface area contributed by atoms with E-state index in [1.165, 1.54) is 109 Å². The lowest BCUT2D eigenvalue weighted by Gasteiger charge is -2.09. The second kappa shape index (κ2) is 9.75. The van der Waals surface area contributed by atoms with E-state index in [4.69, 9.17) is 4.98 Å². The molecule has 0 aliphatic carbocycles. The van der Waals surface area contributed by atoms with E-state index in [1.807, 2.05) is 0 Å². The van der Waals surface area contributed by atoms with E-state index in [0.717, 1.165) is 16.7 Å². The molecular formula is C51H28N4. The van der Waals surface area contributed by atoms with Gasteiger partial charge in [0.2, 0.25) is 0 Å². The van der Waals surface area contributed by atoms with Gasteiger partial charge in [-0.2, -0.15) is 0 Å². The number of rotatable bonds is 2. The summed E-state index contributed by atoms with van der Waals surface area (Å²) < 4.78 is 7.31. The van der Waals surface area contributed by atoms with Gasteiger partial charge in [0.1, 0.15) is 5.65 Å². The maximum Gasteiger partial charge on any atom is 0.146 e. The van der Waals surface area contributed by atoms with Crippen LogP contribution in [0.15, 0.2) is 170 Å². The summed E-state index contributed by atoms with van der Waals surface area (Å²) in [4.78, 5) is 5.68. The minimum absolute atomic E-state index is 1.01. The van der Waals surface area contributed by atoms with Gasteiger partial charge >= 0.3 is 0 Å². The van der Waals surface area contributed by atoms with Crippen LogP contribution in [0.5, 0.6) is 0 Å². The summed E-state index contributed by atoms with van der Waals surface area (Å²) in [7, 11) is 0. The molecule has 0 bridgehead atoms. The molecule has 0 amide bonds. The Morgan fingerprint density at radius 3 is 1.82 bits per heavy atom. The molecule has 0 unspecified atom stereocenters. The van der Waals surface area contributed by atoms with Crippen molar-refractivity contribution in [1.82, 2.24) is 18.4 Å². The SMILES string of the molecule is c1ccc(-n2c3ccccc3c3cc(-c4cccc5c6cccc7c8cc9c(nc8n(c45)c76)c4cccc5c6cc7ccccc7cc6n9c54)ccc32)cc1. The molecule has 0 N–H and O–H groups in total. The van der Waals surface area contributed by atoms with Gasteiger partial charge in [-0.15, -0.1) is 0 Å². The van der Waals surface area contributed by atoms with Crippen molar-refractivity contribution in [2.24, 2.45) is 0 Å². The van der Waals surface area contributed by atoms with E-state index in [1.54, 1.807) is 0 Å². The predicted molar refractivity (Wildman–Crippen MR) is 231 cm³/mol. The average Bonchev–Trinajstić information content (AvgIpc) is 4.02. The van der Waals surface area contributed by atoms with Crippen LogP contribution in [0.2, 0.25) is 0 Å². The highest BCUT2D eigenvalue weighted by Crippen LogP contribution is 2.46. The number of pyridine rings is 1. The summed E-state index contributed by atoms with van der Waals surface area (Å²) in [5.74, 6) is 0. The molecule has 0 aliphatic heterocycles. The van der Waals surface area contributed by atoms with Crippen molar-refractivity contribution in [3.05, 3.63) is 170 Å². The van der Waals surface area contributed by atoms with Crippen LogP contribution in [0.3, 0.4) is 0 Å². The molecule has 8 aromatic carbocycles. The lowest BCUT2D eigenvalue weighted by Crippen LogP contribution is -1.93. The van der Waals surface area contributed by atoms with Crippen molar-refractivity contribution in [2.75, 3.05) is 0 Å². The Balaban J connectivity index is 1.10. The second-order valence-corrected chi connectivity index (χ2v) is 15.1. The highest BCUT2D eigenvalue weighted by Gasteiger charge is 2.25. The molecule has 0 fully saturated rings. The molecule has 55 heavy (non-hydrogen) atoms. The smallest absolute Gasteiger partial charge is 0.146 e. The first-order chi connectivity index (χ1) is 27.3. The highest BCUT2D eigenvalue weighted by molar-refractivity contribution is 6.28. The summed E-state index contributed by atoms with van der Waals surface area (Å²) in [5, 5.41) is 13.7. The van der Waals surface area contributed by atoms with Gasteiger partial charge in [0.25, 0.3) is 0 Å². The lowest BCUT2D eigenvalue weighted by molar-refractivity contribution is 1.18. The Labute approximate surface area is 313 Å². The minimum atomic E-state index is 1.01. The third-order valence-corrected chi connectivity index (χ3v) is 12.4. The van der Waals surface area contributed by atoms with E-state index in [-0.39, 0.29) is 0 Å². The fraction of sp³-hybridized carbons (Fsp3) is 0. The van der Waals surface area contributed by atoms with Crippen LogP contribution in [0.1, 0.15) is 0 Å². The van der Waals surface area contributed by atoms with Crippen molar-refractivity contribution in [2.45, 2.75) is 0 Å². The molecule has 0 radical (unpaired) electrons. The quantitative estimate of drug-likeness (QED) is 0.177. The summed E-state index contributed by atoms with van der Waals surface area (Å²) in [5.41, 5.74) is 14.1. The van der Waals surface area contributed by atoms with Gasteiger partial charge in [0.15, 0.2) is 0 Å². The highest BCUT2D eigenvalue weighted by atomic mass is 15.0. The molecule has 0 aliphatic rings. The van der Waals surface area contributed by atoms with Gasteiger partial charge in [-0.05, 0) is 64.9 Å². The number of nitrogens with zero attached hydrogens (tertiary/aromatic N) is 4. The number of hydrogen-bond acceptors (Lipinski definition) is 1. The number of para-hydroxylation sites is 5. The Morgan fingerprint density at radius 2 is 0.964 bits per heavy atom. The maximum atomic E-state index is 5.68. The van der Waals surface area contributed by atoms with Crippen molar-refractivity contribution in [1.29, 1.82) is 0 Å². The van der Waals surface area contributed by atoms with E-state index in [9.17, 15) is 0 Å². The standard InChI is InChI=1S/C51H28N4/c1-2-13-32(14-3-1)53-43-22-7-6-15-34(43)40-26-31(23-24-44(40)53)33-16-8-17-35-36-18-9-20-38-42-28-46-47(52-51(42)55(48(33)35)49(36)38)39-21-10-19-37-41-25-29-11-4-5-12-30(29)27-45(41)54(46)50(37)39/h1-28H. The van der Waals surface area contributed by atoms with Crippen LogP contribution in [0.25, 0.3) is 126 Å². The van der Waals surface area contributed by atoms with Gasteiger partial charge in [-0.1, -0.05) is 121 Å². The molecule has 0 atom stereocenters. The summed E-state index contributed by atoms with van der Waals surface area (Å²) in [6.45, 7) is 0. The number of aromatic nitrogens is 4. The molecule has 4 heteroatoms. The van der Waals surface area contributed by atoms with Crippen molar-refractivity contribution in [3.8, 4) is 16.8 Å². The van der Waals surface area contributed by atoms with Crippen LogP contribution in [0, 0.1) is 0 Å². The average molecular weight is 697 g/mol. The zero-order valence-electron chi connectivity index (χ0n) is 29.5. The third-order valence-electron chi connectivity index (χ3n) is 12.4. The maximum absolute atomic E-state index is 5.68. The van der Waals surface area contributed by atoms with Crippen molar-refractivity contribution in [3.63, 3.8) is 0 Å². The fourth-order valence-corrected chi connectivity index (χ4v) is 10.2. The third kappa shape index (κ3) is 3.37. The summed E-state index contributed by atoms with van der Waals surface area (Å²) in [6, 6.07) is 62.5. The van der Waals surface area contributed by atoms with Crippen LogP contribution >= 0.6 is 0 Å². The molecule has 0 saturated carbocycles. The lowest BCUT2D eigenvalue weighted by atomic mass is 9.99. The van der Waals surface area contributed by atoms with E-state index in [2.05, 4.69) is 183 Å². The Morgan fingerprint density at radius 1 is 0.345 bits per heavy atom. The van der Waals surface area contributed by atoms with Crippen LogP contribution in [-0.4, -0.2) is 18.4 Å². The van der Waals surface area contributed by atoms with Gasteiger partial charge in [-0.3, -0.25) is 4.40 Å². The van der Waals surface area contributed by atoms with Gasteiger partial charge < -0.3 is 8.97 Å². The van der Waals surface area contributed by atoms with Crippen LogP contribution in [0.4, 0.5) is 0 Å². The zero-order chi connectivity index (χ0) is 35.5. The van der Waals surface area contributed by atoms with Gasteiger partial charge in [-0.25, -0.2) is 4.98 Å². The largest absolute Gasteiger partial charge is 0.309 e. The molecule has 252 valence electrons. The van der Waals surface area contributed by atoms with E-state index < -0.39 is 0 Å². The van der Waals surface area contributed by atoms with E-state index in [0.29, 0.717) is 0 Å². The molecule has 0 spiro atoms. The predicted octanol–water partition coefficient (Wildman–Crippen LogP) is 13.3. The second-order valence-electron chi connectivity index (χ2n) is 15.1. The number of benzene rings is 8. The van der Waals surface area contributed by atoms with Crippen LogP contribution in [-0.2, 0) is 0 Å². The zero-order valence-corrected chi connectivity index (χ0v) is 29.5. The molecule has 4 nitrogen and oxygen atoms in total. The number of fused-ring (bicyclic) bond motifs is 16. The van der Waals surface area contributed by atoms with Crippen molar-refractivity contribution >= 4 is 109 Å². The summed E-state index contributed by atoms with van der Waals surface area (Å²) >= 11 is 0. The number of hydrogen-bond donors (Lipinski definition) is 0. The Hall–Kier alpha value is -7.43. The summed E-state index contributed by atoms with van der Waals surface area (Å²) in [6.07, 6.45) is 0. The van der Waals surface area contributed by atoms with E-state index >= 15 is 0 Å². The minimum Gasteiger partial charge on any atom is -0.309 e. The van der Waals surface area contributed by atoms with Crippen molar-refractivity contribution < 1.29 is 0 Å². The molecule has 6 aromatic heterocycles. The van der Waals surface area contributed by atoms with Gasteiger partial charge in [0, 0.05) is 59.7 Å².